The Morgan fingerprint density at radius 3 is 2.08 bits per heavy atom. The number of rotatable bonds is 2. The van der Waals surface area contributed by atoms with E-state index in [0.29, 0.717) is 5.56 Å². The van der Waals surface area contributed by atoms with Crippen LogP contribution in [0.1, 0.15) is 39.0 Å². The van der Waals surface area contributed by atoms with Gasteiger partial charge in [-0.15, -0.1) is 0 Å². The van der Waals surface area contributed by atoms with E-state index in [1.54, 1.807) is 11.0 Å². The lowest BCUT2D eigenvalue weighted by molar-refractivity contribution is 0.0686. The van der Waals surface area contributed by atoms with Gasteiger partial charge in [-0.3, -0.25) is 4.79 Å². The van der Waals surface area contributed by atoms with Gasteiger partial charge in [-0.1, -0.05) is 60.7 Å². The van der Waals surface area contributed by atoms with E-state index in [1.807, 2.05) is 67.7 Å². The van der Waals surface area contributed by atoms with Crippen molar-refractivity contribution in [2.24, 2.45) is 0 Å². The highest BCUT2D eigenvalue weighted by atomic mass is 19.1. The first kappa shape index (κ1) is 15.6. The van der Waals surface area contributed by atoms with Crippen molar-refractivity contribution < 1.29 is 9.18 Å². The maximum atomic E-state index is 14.0. The summed E-state index contributed by atoms with van der Waals surface area (Å²) in [6.45, 7) is 0. The Morgan fingerprint density at radius 1 is 0.840 bits per heavy atom. The molecule has 3 aromatic rings. The second-order valence-corrected chi connectivity index (χ2v) is 6.39. The topological polar surface area (TPSA) is 20.3 Å². The van der Waals surface area contributed by atoms with Crippen molar-refractivity contribution in [1.82, 2.24) is 4.90 Å². The Hall–Kier alpha value is -2.94. The second kappa shape index (κ2) is 6.17. The summed E-state index contributed by atoms with van der Waals surface area (Å²) < 4.78 is 14.0. The average molecular weight is 331 g/mol. The number of halogens is 1. The summed E-state index contributed by atoms with van der Waals surface area (Å²) in [6, 6.07) is 24.2. The Bertz CT molecular complexity index is 908. The smallest absolute Gasteiger partial charge is 0.254 e. The van der Waals surface area contributed by atoms with Gasteiger partial charge in [0.1, 0.15) is 5.82 Å². The van der Waals surface area contributed by atoms with E-state index < -0.39 is 0 Å². The lowest BCUT2D eigenvalue weighted by Crippen LogP contribution is -2.40. The highest BCUT2D eigenvalue weighted by molar-refractivity contribution is 5.97. The molecule has 25 heavy (non-hydrogen) atoms. The molecule has 124 valence electrons. The first-order chi connectivity index (χ1) is 12.2. The van der Waals surface area contributed by atoms with Crippen LogP contribution in [0.5, 0.6) is 0 Å². The zero-order valence-corrected chi connectivity index (χ0v) is 13.9. The van der Waals surface area contributed by atoms with E-state index in [1.165, 1.54) is 12.1 Å². The van der Waals surface area contributed by atoms with Gasteiger partial charge in [-0.2, -0.15) is 0 Å². The molecule has 1 heterocycles. The number of amides is 1. The van der Waals surface area contributed by atoms with Gasteiger partial charge in [0.2, 0.25) is 0 Å². The summed E-state index contributed by atoms with van der Waals surface area (Å²) in [7, 11) is 1.82. The molecule has 0 fully saturated rings. The Kier molecular flexibility index (Phi) is 3.85. The van der Waals surface area contributed by atoms with Gasteiger partial charge in [0, 0.05) is 18.5 Å². The van der Waals surface area contributed by atoms with Gasteiger partial charge in [-0.25, -0.2) is 4.39 Å². The summed E-state index contributed by atoms with van der Waals surface area (Å²) >= 11 is 0. The van der Waals surface area contributed by atoms with Crippen molar-refractivity contribution in [3.05, 3.63) is 107 Å². The number of carbonyl (C=O) groups excluding carboxylic acids is 1. The zero-order chi connectivity index (χ0) is 17.4. The summed E-state index contributed by atoms with van der Waals surface area (Å²) in [4.78, 5) is 14.7. The largest absolute Gasteiger partial charge is 0.334 e. The molecular weight excluding hydrogens is 313 g/mol. The van der Waals surface area contributed by atoms with Crippen LogP contribution in [0, 0.1) is 5.82 Å². The molecule has 1 aliphatic heterocycles. The first-order valence-corrected chi connectivity index (χ1v) is 8.33. The van der Waals surface area contributed by atoms with Crippen molar-refractivity contribution >= 4 is 5.91 Å². The van der Waals surface area contributed by atoms with Crippen molar-refractivity contribution in [2.75, 3.05) is 7.05 Å². The van der Waals surface area contributed by atoms with E-state index in [4.69, 9.17) is 0 Å². The molecule has 0 aromatic heterocycles. The molecule has 0 bridgehead atoms. The van der Waals surface area contributed by atoms with E-state index in [2.05, 4.69) is 0 Å². The number of benzene rings is 3. The molecule has 3 heteroatoms. The number of likely N-dealkylation sites (N-methyl/N-ethyl adjacent to an activating group) is 1. The van der Waals surface area contributed by atoms with Crippen LogP contribution in [-0.4, -0.2) is 17.9 Å². The first-order valence-electron chi connectivity index (χ1n) is 8.33. The van der Waals surface area contributed by atoms with Gasteiger partial charge >= 0.3 is 0 Å². The maximum Gasteiger partial charge on any atom is 0.254 e. The van der Waals surface area contributed by atoms with Gasteiger partial charge in [-0.05, 0) is 34.9 Å². The molecule has 1 aliphatic rings. The highest BCUT2D eigenvalue weighted by Gasteiger charge is 2.39. The number of hydrogen-bond acceptors (Lipinski definition) is 1. The zero-order valence-electron chi connectivity index (χ0n) is 13.9. The van der Waals surface area contributed by atoms with E-state index in [9.17, 15) is 9.18 Å². The Labute approximate surface area is 146 Å². The number of nitrogens with zero attached hydrogens (tertiary/aromatic N) is 1. The number of fused-ring (bicyclic) bond motifs is 1. The minimum atomic E-state index is -0.316. The maximum absolute atomic E-state index is 14.0. The molecule has 0 aliphatic carbocycles. The number of hydrogen-bond donors (Lipinski definition) is 0. The van der Waals surface area contributed by atoms with Crippen LogP contribution in [-0.2, 0) is 0 Å². The van der Waals surface area contributed by atoms with Gasteiger partial charge < -0.3 is 4.90 Å². The van der Waals surface area contributed by atoms with Crippen LogP contribution >= 0.6 is 0 Å². The molecule has 0 saturated carbocycles. The fraction of sp³-hybridized carbons (Fsp3) is 0.136. The SMILES string of the molecule is CN1C(=O)c2ccc(F)cc2[C@H](c2ccccc2)[C@@H]1c1ccccc1. The molecule has 0 unspecified atom stereocenters. The summed E-state index contributed by atoms with van der Waals surface area (Å²) in [5, 5.41) is 0. The third-order valence-corrected chi connectivity index (χ3v) is 4.93. The molecular formula is C22H18FNO. The summed E-state index contributed by atoms with van der Waals surface area (Å²) in [6.07, 6.45) is 0. The standard InChI is InChI=1S/C22H18FNO/c1-24-21(16-10-6-3-7-11-16)20(15-8-4-2-5-9-15)19-14-17(23)12-13-18(19)22(24)25/h2-14,20-21H,1H3/t20-,21-/m0/s1. The molecule has 3 aromatic carbocycles. The van der Waals surface area contributed by atoms with Crippen LogP contribution in [0.25, 0.3) is 0 Å². The second-order valence-electron chi connectivity index (χ2n) is 6.39. The third-order valence-electron chi connectivity index (χ3n) is 4.93. The van der Waals surface area contributed by atoms with Crippen LogP contribution in [0.2, 0.25) is 0 Å². The molecule has 2 nitrogen and oxygen atoms in total. The van der Waals surface area contributed by atoms with Gasteiger partial charge in [0.15, 0.2) is 0 Å². The van der Waals surface area contributed by atoms with E-state index in [-0.39, 0.29) is 23.7 Å². The fourth-order valence-electron chi connectivity index (χ4n) is 3.78. The molecule has 2 atom stereocenters. The van der Waals surface area contributed by atoms with Crippen LogP contribution in [0.4, 0.5) is 4.39 Å². The van der Waals surface area contributed by atoms with Crippen molar-refractivity contribution in [3.63, 3.8) is 0 Å². The quantitative estimate of drug-likeness (QED) is 0.661. The Balaban J connectivity index is 1.98. The van der Waals surface area contributed by atoms with Crippen molar-refractivity contribution in [2.45, 2.75) is 12.0 Å². The predicted molar refractivity (Wildman–Crippen MR) is 96.0 cm³/mol. The fourth-order valence-corrected chi connectivity index (χ4v) is 3.78. The third kappa shape index (κ3) is 2.62. The number of carbonyl (C=O) groups is 1. The molecule has 0 N–H and O–H groups in total. The van der Waals surface area contributed by atoms with Gasteiger partial charge in [0.25, 0.3) is 5.91 Å². The monoisotopic (exact) mass is 331 g/mol. The molecule has 0 radical (unpaired) electrons. The average Bonchev–Trinajstić information content (AvgIpc) is 2.65. The van der Waals surface area contributed by atoms with Crippen LogP contribution in [0.15, 0.2) is 78.9 Å². The minimum absolute atomic E-state index is 0.0731. The molecule has 0 saturated heterocycles. The van der Waals surface area contributed by atoms with Crippen molar-refractivity contribution in [3.8, 4) is 0 Å². The summed E-state index contributed by atoms with van der Waals surface area (Å²) in [5.41, 5.74) is 3.44. The lowest BCUT2D eigenvalue weighted by Gasteiger charge is -2.41. The molecule has 1 amide bonds. The highest BCUT2D eigenvalue weighted by Crippen LogP contribution is 2.45. The molecule has 4 rings (SSSR count). The predicted octanol–water partition coefficient (Wildman–Crippen LogP) is 4.78. The van der Waals surface area contributed by atoms with Crippen molar-refractivity contribution in [1.29, 1.82) is 0 Å². The van der Waals surface area contributed by atoms with E-state index >= 15 is 0 Å². The normalized spacial score (nSPS) is 19.6. The lowest BCUT2D eigenvalue weighted by atomic mass is 9.76. The van der Waals surface area contributed by atoms with Crippen LogP contribution in [0.3, 0.4) is 0 Å². The van der Waals surface area contributed by atoms with E-state index in [0.717, 1.165) is 16.7 Å². The molecule has 0 spiro atoms. The Morgan fingerprint density at radius 2 is 1.44 bits per heavy atom. The van der Waals surface area contributed by atoms with Gasteiger partial charge in [0.05, 0.1) is 6.04 Å². The minimum Gasteiger partial charge on any atom is -0.334 e. The summed E-state index contributed by atoms with van der Waals surface area (Å²) in [5.74, 6) is -0.503. The van der Waals surface area contributed by atoms with Crippen LogP contribution < -0.4 is 0 Å².